The van der Waals surface area contributed by atoms with Gasteiger partial charge in [0.1, 0.15) is 17.3 Å². The van der Waals surface area contributed by atoms with Crippen LogP contribution in [0.15, 0.2) is 54.1 Å². The number of ether oxygens (including phenoxy) is 2. The van der Waals surface area contributed by atoms with Crippen LogP contribution in [0.25, 0.3) is 5.76 Å². The largest absolute Gasteiger partial charge is 0.507 e. The van der Waals surface area contributed by atoms with Crippen LogP contribution in [0.1, 0.15) is 31.0 Å². The van der Waals surface area contributed by atoms with Crippen molar-refractivity contribution in [3.8, 4) is 5.75 Å². The average molecular weight is 469 g/mol. The third kappa shape index (κ3) is 4.98. The zero-order valence-corrected chi connectivity index (χ0v) is 19.4. The molecule has 2 aliphatic rings. The number of nitrogens with zero attached hydrogens (tertiary/aromatic N) is 2. The number of amides is 1. The first kappa shape index (κ1) is 23.9. The number of aliphatic hydroxyl groups is 1. The minimum absolute atomic E-state index is 0.0164. The maximum Gasteiger partial charge on any atom is 0.295 e. The highest BCUT2D eigenvalue weighted by atomic mass is 19.1. The van der Waals surface area contributed by atoms with Crippen molar-refractivity contribution >= 4 is 17.4 Å². The fourth-order valence-electron chi connectivity index (χ4n) is 4.32. The Morgan fingerprint density at radius 3 is 2.41 bits per heavy atom. The lowest BCUT2D eigenvalue weighted by molar-refractivity contribution is -0.140. The molecule has 0 saturated carbocycles. The van der Waals surface area contributed by atoms with E-state index in [0.717, 1.165) is 13.1 Å². The van der Waals surface area contributed by atoms with Gasteiger partial charge in [0.2, 0.25) is 0 Å². The number of carbonyl (C=O) groups excluding carboxylic acids is 2. The van der Waals surface area contributed by atoms with E-state index in [1.165, 1.54) is 11.0 Å². The van der Waals surface area contributed by atoms with Crippen LogP contribution in [-0.2, 0) is 14.3 Å². The fraction of sp³-hybridized carbons (Fsp3) is 0.385. The molecule has 0 spiro atoms. The maximum atomic E-state index is 14.9. The number of ketones is 1. The second-order valence-corrected chi connectivity index (χ2v) is 8.66. The number of likely N-dealkylation sites (tertiary alicyclic amines) is 1. The van der Waals surface area contributed by atoms with Crippen molar-refractivity contribution in [3.63, 3.8) is 0 Å². The van der Waals surface area contributed by atoms with Crippen LogP contribution in [0.4, 0.5) is 4.39 Å². The second kappa shape index (κ2) is 10.4. The molecule has 0 aromatic heterocycles. The van der Waals surface area contributed by atoms with E-state index in [1.807, 2.05) is 13.8 Å². The summed E-state index contributed by atoms with van der Waals surface area (Å²) in [5.74, 6) is -1.84. The topological polar surface area (TPSA) is 79.3 Å². The Balaban J connectivity index is 1.71. The van der Waals surface area contributed by atoms with Gasteiger partial charge in [-0.05, 0) is 44.2 Å². The summed E-state index contributed by atoms with van der Waals surface area (Å²) in [6.07, 6.45) is -0.0164. The van der Waals surface area contributed by atoms with Crippen molar-refractivity contribution < 1.29 is 28.6 Å². The van der Waals surface area contributed by atoms with E-state index in [1.54, 1.807) is 42.5 Å². The molecule has 0 aliphatic carbocycles. The highest BCUT2D eigenvalue weighted by Gasteiger charge is 2.46. The third-order valence-corrected chi connectivity index (χ3v) is 6.00. The molecule has 1 N–H and O–H groups in total. The number of hydrogen-bond donors (Lipinski definition) is 1. The summed E-state index contributed by atoms with van der Waals surface area (Å²) in [6.45, 7) is 7.20. The van der Waals surface area contributed by atoms with Crippen molar-refractivity contribution in [1.29, 1.82) is 0 Å². The lowest BCUT2D eigenvalue weighted by Crippen LogP contribution is -2.42. The van der Waals surface area contributed by atoms with E-state index < -0.39 is 23.5 Å². The Kier molecular flexibility index (Phi) is 7.29. The van der Waals surface area contributed by atoms with Gasteiger partial charge >= 0.3 is 0 Å². The molecule has 2 saturated heterocycles. The van der Waals surface area contributed by atoms with Gasteiger partial charge in [-0.3, -0.25) is 14.5 Å². The number of carbonyl (C=O) groups is 2. The Labute approximate surface area is 198 Å². The van der Waals surface area contributed by atoms with E-state index in [0.29, 0.717) is 31.1 Å². The minimum atomic E-state index is -1.02. The molecule has 0 bridgehead atoms. The maximum absolute atomic E-state index is 14.9. The van der Waals surface area contributed by atoms with Crippen molar-refractivity contribution in [1.82, 2.24) is 9.80 Å². The zero-order chi connectivity index (χ0) is 24.2. The molecule has 8 heteroatoms. The van der Waals surface area contributed by atoms with E-state index >= 15 is 0 Å². The van der Waals surface area contributed by atoms with Crippen LogP contribution in [-0.4, -0.2) is 72.1 Å². The number of morpholine rings is 1. The average Bonchev–Trinajstić information content (AvgIpc) is 3.08. The van der Waals surface area contributed by atoms with Crippen molar-refractivity contribution in [2.75, 3.05) is 39.4 Å². The van der Waals surface area contributed by atoms with Gasteiger partial charge in [-0.15, -0.1) is 0 Å². The lowest BCUT2D eigenvalue weighted by Gasteiger charge is -2.31. The molecule has 1 unspecified atom stereocenters. The molecule has 0 radical (unpaired) electrons. The summed E-state index contributed by atoms with van der Waals surface area (Å²) in [7, 11) is 0. The van der Waals surface area contributed by atoms with Crippen LogP contribution in [0, 0.1) is 5.82 Å². The van der Waals surface area contributed by atoms with Crippen molar-refractivity contribution in [3.05, 3.63) is 71.0 Å². The number of aliphatic hydroxyl groups excluding tert-OH is 1. The summed E-state index contributed by atoms with van der Waals surface area (Å²) in [5.41, 5.74) is 0.406. The fourth-order valence-corrected chi connectivity index (χ4v) is 4.32. The molecule has 1 amide bonds. The Bertz CT molecular complexity index is 1080. The first-order chi connectivity index (χ1) is 16.4. The number of halogens is 1. The van der Waals surface area contributed by atoms with Crippen molar-refractivity contribution in [2.24, 2.45) is 0 Å². The molecular weight excluding hydrogens is 439 g/mol. The van der Waals surface area contributed by atoms with Gasteiger partial charge in [-0.1, -0.05) is 18.2 Å². The van der Waals surface area contributed by atoms with E-state index in [-0.39, 0.29) is 29.5 Å². The number of rotatable bonds is 7. The normalized spacial score (nSPS) is 20.8. The Hall–Kier alpha value is -3.23. The highest BCUT2D eigenvalue weighted by Crippen LogP contribution is 2.40. The molecule has 34 heavy (non-hydrogen) atoms. The molecule has 2 aromatic carbocycles. The van der Waals surface area contributed by atoms with Gasteiger partial charge in [0.25, 0.3) is 11.7 Å². The van der Waals surface area contributed by atoms with Crippen LogP contribution in [0.5, 0.6) is 5.75 Å². The standard InChI is InChI=1S/C26H29FN2O5/c1-17(2)34-19-9-7-18(8-10-19)24(30)22-23(20-5-3-4-6-21(20)27)29(26(32)25(22)31)12-11-28-13-15-33-16-14-28/h3-10,17,23,30H,11-16H2,1-2H3/b24-22+. The number of hydrogen-bond acceptors (Lipinski definition) is 6. The lowest BCUT2D eigenvalue weighted by atomic mass is 9.95. The third-order valence-electron chi connectivity index (χ3n) is 6.00. The summed E-state index contributed by atoms with van der Waals surface area (Å²) in [6, 6.07) is 11.6. The summed E-state index contributed by atoms with van der Waals surface area (Å²) >= 11 is 0. The number of benzene rings is 2. The molecule has 2 heterocycles. The molecule has 2 fully saturated rings. The highest BCUT2D eigenvalue weighted by molar-refractivity contribution is 6.46. The molecule has 2 aliphatic heterocycles. The predicted molar refractivity (Wildman–Crippen MR) is 125 cm³/mol. The number of Topliss-reactive ketones (excluding diaryl/α,β-unsaturated/α-hetero) is 1. The summed E-state index contributed by atoms with van der Waals surface area (Å²) < 4.78 is 25.9. The SMILES string of the molecule is CC(C)Oc1ccc(/C(O)=C2\C(=O)C(=O)N(CCN3CCOCC3)C2c2ccccc2F)cc1. The van der Waals surface area contributed by atoms with Crippen LogP contribution >= 0.6 is 0 Å². The monoisotopic (exact) mass is 468 g/mol. The molecule has 7 nitrogen and oxygen atoms in total. The predicted octanol–water partition coefficient (Wildman–Crippen LogP) is 3.37. The van der Waals surface area contributed by atoms with Gasteiger partial charge in [0.15, 0.2) is 0 Å². The quantitative estimate of drug-likeness (QED) is 0.381. The van der Waals surface area contributed by atoms with E-state index in [4.69, 9.17) is 9.47 Å². The Morgan fingerprint density at radius 2 is 1.76 bits per heavy atom. The summed E-state index contributed by atoms with van der Waals surface area (Å²) in [4.78, 5) is 29.6. The van der Waals surface area contributed by atoms with E-state index in [2.05, 4.69) is 4.90 Å². The van der Waals surface area contributed by atoms with Gasteiger partial charge in [-0.25, -0.2) is 4.39 Å². The molecule has 2 aromatic rings. The van der Waals surface area contributed by atoms with Crippen molar-refractivity contribution in [2.45, 2.75) is 26.0 Å². The molecular formula is C26H29FN2O5. The second-order valence-electron chi connectivity index (χ2n) is 8.66. The minimum Gasteiger partial charge on any atom is -0.507 e. The smallest absolute Gasteiger partial charge is 0.295 e. The summed E-state index contributed by atoms with van der Waals surface area (Å²) in [5, 5.41) is 11.1. The van der Waals surface area contributed by atoms with Crippen LogP contribution < -0.4 is 4.74 Å². The molecule has 4 rings (SSSR count). The van der Waals surface area contributed by atoms with Gasteiger partial charge in [0, 0.05) is 37.3 Å². The molecule has 1 atom stereocenters. The van der Waals surface area contributed by atoms with Gasteiger partial charge < -0.3 is 19.5 Å². The first-order valence-electron chi connectivity index (χ1n) is 11.5. The molecule has 180 valence electrons. The van der Waals surface area contributed by atoms with Gasteiger partial charge in [0.05, 0.1) is 30.9 Å². The Morgan fingerprint density at radius 1 is 1.09 bits per heavy atom. The van der Waals surface area contributed by atoms with Crippen LogP contribution in [0.3, 0.4) is 0 Å². The van der Waals surface area contributed by atoms with E-state index in [9.17, 15) is 19.1 Å². The zero-order valence-electron chi connectivity index (χ0n) is 19.4. The first-order valence-corrected chi connectivity index (χ1v) is 11.5. The van der Waals surface area contributed by atoms with Crippen LogP contribution in [0.2, 0.25) is 0 Å². The van der Waals surface area contributed by atoms with Gasteiger partial charge in [-0.2, -0.15) is 0 Å².